The first-order chi connectivity index (χ1) is 11.6. The third kappa shape index (κ3) is 2.22. The SMILES string of the molecule is Cc1cccc(C2NC(C(=O)O)Cc3c2n(C)c2ccccc32)c1. The van der Waals surface area contributed by atoms with E-state index in [0.717, 1.165) is 22.0 Å². The molecule has 0 radical (unpaired) electrons. The normalized spacial score (nSPS) is 20.1. The van der Waals surface area contributed by atoms with Crippen molar-refractivity contribution in [3.8, 4) is 0 Å². The zero-order valence-corrected chi connectivity index (χ0v) is 13.8. The fourth-order valence-corrected chi connectivity index (χ4v) is 3.88. The maximum Gasteiger partial charge on any atom is 0.321 e. The fraction of sp³-hybridized carbons (Fsp3) is 0.250. The Kier molecular flexibility index (Phi) is 3.43. The molecule has 4 rings (SSSR count). The van der Waals surface area contributed by atoms with Gasteiger partial charge in [-0.2, -0.15) is 0 Å². The van der Waals surface area contributed by atoms with Gasteiger partial charge in [0.2, 0.25) is 0 Å². The van der Waals surface area contributed by atoms with Crippen molar-refractivity contribution in [3.05, 3.63) is 70.9 Å². The molecular formula is C20H20N2O2. The summed E-state index contributed by atoms with van der Waals surface area (Å²) in [6.07, 6.45) is 0.508. The van der Waals surface area contributed by atoms with Crippen LogP contribution in [0.3, 0.4) is 0 Å². The molecule has 1 aliphatic rings. The van der Waals surface area contributed by atoms with E-state index in [1.165, 1.54) is 11.3 Å². The molecule has 4 nitrogen and oxygen atoms in total. The summed E-state index contributed by atoms with van der Waals surface area (Å²) in [7, 11) is 2.06. The monoisotopic (exact) mass is 320 g/mol. The molecule has 1 aliphatic heterocycles. The minimum absolute atomic E-state index is 0.118. The molecule has 2 atom stereocenters. The maximum absolute atomic E-state index is 11.7. The Morgan fingerprint density at radius 1 is 1.21 bits per heavy atom. The van der Waals surface area contributed by atoms with Crippen LogP contribution in [0, 0.1) is 6.92 Å². The summed E-state index contributed by atoms with van der Waals surface area (Å²) in [5.74, 6) is -0.800. The molecule has 2 unspecified atom stereocenters. The quantitative estimate of drug-likeness (QED) is 0.762. The molecule has 4 heteroatoms. The lowest BCUT2D eigenvalue weighted by Crippen LogP contribution is -2.45. The number of para-hydroxylation sites is 1. The van der Waals surface area contributed by atoms with Gasteiger partial charge in [0, 0.05) is 30.1 Å². The van der Waals surface area contributed by atoms with E-state index in [0.29, 0.717) is 6.42 Å². The number of carboxylic acid groups (broad SMARTS) is 1. The molecule has 0 bridgehead atoms. The molecule has 0 spiro atoms. The van der Waals surface area contributed by atoms with Crippen LogP contribution in [-0.4, -0.2) is 21.7 Å². The van der Waals surface area contributed by atoms with Crippen molar-refractivity contribution in [2.24, 2.45) is 7.05 Å². The van der Waals surface area contributed by atoms with E-state index < -0.39 is 12.0 Å². The Morgan fingerprint density at radius 3 is 2.75 bits per heavy atom. The zero-order chi connectivity index (χ0) is 16.8. The number of carboxylic acids is 1. The Balaban J connectivity index is 1.97. The molecule has 0 saturated heterocycles. The highest BCUT2D eigenvalue weighted by atomic mass is 16.4. The van der Waals surface area contributed by atoms with Crippen molar-refractivity contribution in [2.75, 3.05) is 0 Å². The molecule has 0 amide bonds. The second kappa shape index (κ2) is 5.49. The second-order valence-corrected chi connectivity index (χ2v) is 6.55. The van der Waals surface area contributed by atoms with Crippen LogP contribution in [0.15, 0.2) is 48.5 Å². The van der Waals surface area contributed by atoms with Crippen molar-refractivity contribution in [1.82, 2.24) is 9.88 Å². The number of nitrogens with zero attached hydrogens (tertiary/aromatic N) is 1. The number of aromatic nitrogens is 1. The third-order valence-electron chi connectivity index (χ3n) is 4.98. The summed E-state index contributed by atoms with van der Waals surface area (Å²) in [5, 5.41) is 14.1. The molecule has 2 aromatic carbocycles. The minimum Gasteiger partial charge on any atom is -0.480 e. The Morgan fingerprint density at radius 2 is 2.00 bits per heavy atom. The minimum atomic E-state index is -0.800. The third-order valence-corrected chi connectivity index (χ3v) is 4.98. The Bertz CT molecular complexity index is 942. The molecule has 24 heavy (non-hydrogen) atoms. The molecule has 0 fully saturated rings. The van der Waals surface area contributed by atoms with Gasteiger partial charge in [-0.3, -0.25) is 10.1 Å². The summed E-state index contributed by atoms with van der Waals surface area (Å²) in [5.41, 5.74) is 5.73. The molecule has 1 aromatic heterocycles. The van der Waals surface area contributed by atoms with Crippen LogP contribution in [0.5, 0.6) is 0 Å². The van der Waals surface area contributed by atoms with Crippen molar-refractivity contribution < 1.29 is 9.90 Å². The van der Waals surface area contributed by atoms with E-state index in [1.807, 2.05) is 18.2 Å². The predicted molar refractivity (Wildman–Crippen MR) is 94.2 cm³/mol. The van der Waals surface area contributed by atoms with Crippen LogP contribution >= 0.6 is 0 Å². The van der Waals surface area contributed by atoms with Crippen LogP contribution in [0.1, 0.15) is 28.4 Å². The lowest BCUT2D eigenvalue weighted by atomic mass is 9.90. The van der Waals surface area contributed by atoms with Crippen molar-refractivity contribution in [2.45, 2.75) is 25.4 Å². The highest BCUT2D eigenvalue weighted by molar-refractivity contribution is 5.87. The first-order valence-corrected chi connectivity index (χ1v) is 8.18. The van der Waals surface area contributed by atoms with Gasteiger partial charge in [-0.05, 0) is 24.1 Å². The molecule has 2 heterocycles. The Hall–Kier alpha value is -2.59. The van der Waals surface area contributed by atoms with Crippen molar-refractivity contribution in [3.63, 3.8) is 0 Å². The Labute approximate surface area is 140 Å². The van der Waals surface area contributed by atoms with Crippen LogP contribution < -0.4 is 5.32 Å². The highest BCUT2D eigenvalue weighted by Gasteiger charge is 2.35. The molecule has 0 saturated carbocycles. The van der Waals surface area contributed by atoms with Gasteiger partial charge in [-0.15, -0.1) is 0 Å². The van der Waals surface area contributed by atoms with Crippen LogP contribution in [-0.2, 0) is 18.3 Å². The number of hydrogen-bond donors (Lipinski definition) is 2. The maximum atomic E-state index is 11.7. The van der Waals surface area contributed by atoms with E-state index in [9.17, 15) is 9.90 Å². The van der Waals surface area contributed by atoms with Gasteiger partial charge in [-0.1, -0.05) is 48.0 Å². The number of fused-ring (bicyclic) bond motifs is 3. The van der Waals surface area contributed by atoms with E-state index in [4.69, 9.17) is 0 Å². The van der Waals surface area contributed by atoms with Crippen LogP contribution in [0.4, 0.5) is 0 Å². The van der Waals surface area contributed by atoms with E-state index in [-0.39, 0.29) is 6.04 Å². The molecule has 3 aromatic rings. The summed E-state index contributed by atoms with van der Waals surface area (Å²) in [6.45, 7) is 2.06. The standard InChI is InChI=1S/C20H20N2O2/c1-12-6-5-7-13(10-12)18-19-15(11-16(21-18)20(23)24)14-8-3-4-9-17(14)22(19)2/h3-10,16,18,21H,11H2,1-2H3,(H,23,24). The lowest BCUT2D eigenvalue weighted by molar-refractivity contribution is -0.139. The van der Waals surface area contributed by atoms with Crippen molar-refractivity contribution >= 4 is 16.9 Å². The number of nitrogens with one attached hydrogen (secondary N) is 1. The summed E-state index contributed by atoms with van der Waals surface area (Å²) in [4.78, 5) is 11.7. The van der Waals surface area contributed by atoms with Crippen LogP contribution in [0.25, 0.3) is 10.9 Å². The first-order valence-electron chi connectivity index (χ1n) is 8.18. The van der Waals surface area contributed by atoms with Crippen LogP contribution in [0.2, 0.25) is 0 Å². The average molecular weight is 320 g/mol. The molecule has 0 aliphatic carbocycles. The van der Waals surface area contributed by atoms with Gasteiger partial charge in [-0.25, -0.2) is 0 Å². The number of aryl methyl sites for hydroxylation is 2. The molecular weight excluding hydrogens is 300 g/mol. The van der Waals surface area contributed by atoms with E-state index in [2.05, 4.69) is 54.2 Å². The smallest absolute Gasteiger partial charge is 0.321 e. The van der Waals surface area contributed by atoms with Gasteiger partial charge < -0.3 is 9.67 Å². The number of benzene rings is 2. The van der Waals surface area contributed by atoms with Gasteiger partial charge in [0.1, 0.15) is 6.04 Å². The fourth-order valence-electron chi connectivity index (χ4n) is 3.88. The number of rotatable bonds is 2. The molecule has 2 N–H and O–H groups in total. The average Bonchev–Trinajstić information content (AvgIpc) is 2.87. The number of hydrogen-bond acceptors (Lipinski definition) is 2. The van der Waals surface area contributed by atoms with Crippen molar-refractivity contribution in [1.29, 1.82) is 0 Å². The highest BCUT2D eigenvalue weighted by Crippen LogP contribution is 2.37. The van der Waals surface area contributed by atoms with E-state index in [1.54, 1.807) is 0 Å². The van der Waals surface area contributed by atoms with Gasteiger partial charge in [0.25, 0.3) is 0 Å². The summed E-state index contributed by atoms with van der Waals surface area (Å²) in [6, 6.07) is 15.8. The number of aliphatic carboxylic acids is 1. The first kappa shape index (κ1) is 15.0. The van der Waals surface area contributed by atoms with Gasteiger partial charge in [0.15, 0.2) is 0 Å². The van der Waals surface area contributed by atoms with Gasteiger partial charge >= 0.3 is 5.97 Å². The van der Waals surface area contributed by atoms with Gasteiger partial charge in [0.05, 0.1) is 6.04 Å². The number of carbonyl (C=O) groups is 1. The summed E-state index contributed by atoms with van der Waals surface area (Å²) < 4.78 is 2.20. The zero-order valence-electron chi connectivity index (χ0n) is 13.8. The topological polar surface area (TPSA) is 54.3 Å². The lowest BCUT2D eigenvalue weighted by Gasteiger charge is -2.31. The second-order valence-electron chi connectivity index (χ2n) is 6.55. The molecule has 122 valence electrons. The predicted octanol–water partition coefficient (Wildman–Crippen LogP) is 3.18. The van der Waals surface area contributed by atoms with E-state index >= 15 is 0 Å². The largest absolute Gasteiger partial charge is 0.480 e. The summed E-state index contributed by atoms with van der Waals surface area (Å²) >= 11 is 0.